The van der Waals surface area contributed by atoms with E-state index in [4.69, 9.17) is 27.9 Å². The Hall–Kier alpha value is -0.920. The molecule has 0 heterocycles. The minimum Gasteiger partial charge on any atom is -0.488 e. The topological polar surface area (TPSA) is 9.23 Å². The molecule has 0 aromatic heterocycles. The monoisotopic (exact) mass is 298 g/mol. The van der Waals surface area contributed by atoms with Crippen LogP contribution < -0.4 is 4.74 Å². The normalized spacial score (nSPS) is 11.3. The van der Waals surface area contributed by atoms with Gasteiger partial charge < -0.3 is 4.74 Å². The third kappa shape index (κ3) is 6.70. The summed E-state index contributed by atoms with van der Waals surface area (Å²) in [5, 5.41) is 1.16. The van der Waals surface area contributed by atoms with Gasteiger partial charge in [-0.3, -0.25) is 0 Å². The molecule has 104 valence electrons. The van der Waals surface area contributed by atoms with Crippen molar-refractivity contribution in [3.8, 4) is 5.75 Å². The Labute approximate surface area is 125 Å². The van der Waals surface area contributed by atoms with Gasteiger partial charge in [0.15, 0.2) is 0 Å². The van der Waals surface area contributed by atoms with Gasteiger partial charge in [0, 0.05) is 5.02 Å². The summed E-state index contributed by atoms with van der Waals surface area (Å²) in [6.45, 7) is 6.88. The summed E-state index contributed by atoms with van der Waals surface area (Å²) < 4.78 is 5.61. The second-order valence-corrected chi connectivity index (χ2v) is 5.60. The van der Waals surface area contributed by atoms with Gasteiger partial charge in [-0.25, -0.2) is 0 Å². The Morgan fingerprint density at radius 1 is 1.16 bits per heavy atom. The van der Waals surface area contributed by atoms with Crippen LogP contribution >= 0.6 is 23.2 Å². The first-order chi connectivity index (χ1) is 8.99. The van der Waals surface area contributed by atoms with Crippen molar-refractivity contribution in [3.05, 3.63) is 51.5 Å². The van der Waals surface area contributed by atoms with Gasteiger partial charge in [0.1, 0.15) is 12.4 Å². The zero-order valence-corrected chi connectivity index (χ0v) is 13.2. The molecule has 0 spiro atoms. The van der Waals surface area contributed by atoms with E-state index in [2.05, 4.69) is 32.9 Å². The lowest BCUT2D eigenvalue weighted by atomic mass is 10.1. The standard InChI is InChI=1S/C16H20Cl2O/c1-12(2)5-4-6-13(3)9-10-19-16-8-7-14(17)11-15(16)18/h5,7-9,11H,4,6,10H2,1-3H3/b13-9+. The smallest absolute Gasteiger partial charge is 0.138 e. The molecule has 1 aromatic carbocycles. The van der Waals surface area contributed by atoms with E-state index < -0.39 is 0 Å². The van der Waals surface area contributed by atoms with Crippen LogP contribution in [-0.4, -0.2) is 6.61 Å². The van der Waals surface area contributed by atoms with Crippen molar-refractivity contribution in [2.45, 2.75) is 33.6 Å². The summed E-state index contributed by atoms with van der Waals surface area (Å²) in [4.78, 5) is 0. The van der Waals surface area contributed by atoms with Crippen molar-refractivity contribution >= 4 is 23.2 Å². The fourth-order valence-electron chi connectivity index (χ4n) is 1.56. The first-order valence-corrected chi connectivity index (χ1v) is 7.11. The SMILES string of the molecule is CC(C)=CCC/C(C)=C/COc1ccc(Cl)cc1Cl. The third-order valence-corrected chi connectivity index (χ3v) is 3.19. The Bertz CT molecular complexity index is 472. The average Bonchev–Trinajstić information content (AvgIpc) is 2.31. The van der Waals surface area contributed by atoms with Gasteiger partial charge in [0.2, 0.25) is 0 Å². The van der Waals surface area contributed by atoms with E-state index in [0.717, 1.165) is 12.8 Å². The van der Waals surface area contributed by atoms with E-state index in [-0.39, 0.29) is 0 Å². The predicted molar refractivity (Wildman–Crippen MR) is 84.4 cm³/mol. The van der Waals surface area contributed by atoms with Gasteiger partial charge in [0.25, 0.3) is 0 Å². The first-order valence-electron chi connectivity index (χ1n) is 6.36. The molecule has 0 aliphatic carbocycles. The maximum atomic E-state index is 6.03. The zero-order chi connectivity index (χ0) is 14.3. The maximum absolute atomic E-state index is 6.03. The van der Waals surface area contributed by atoms with Crippen LogP contribution in [0.1, 0.15) is 33.6 Å². The maximum Gasteiger partial charge on any atom is 0.138 e. The second kappa shape index (κ2) is 8.29. The van der Waals surface area contributed by atoms with Crippen LogP contribution in [0.25, 0.3) is 0 Å². The Morgan fingerprint density at radius 2 is 1.89 bits per heavy atom. The highest BCUT2D eigenvalue weighted by Gasteiger charge is 2.01. The first kappa shape index (κ1) is 16.1. The molecule has 0 aliphatic heterocycles. The molecule has 1 nitrogen and oxygen atoms in total. The number of ether oxygens (including phenoxy) is 1. The molecular formula is C16H20Cl2O. The fourth-order valence-corrected chi connectivity index (χ4v) is 2.02. The molecular weight excluding hydrogens is 279 g/mol. The Balaban J connectivity index is 2.42. The summed E-state index contributed by atoms with van der Waals surface area (Å²) in [5.41, 5.74) is 2.68. The molecule has 3 heteroatoms. The van der Waals surface area contributed by atoms with Crippen molar-refractivity contribution in [2.75, 3.05) is 6.61 Å². The van der Waals surface area contributed by atoms with Crippen LogP contribution in [0.2, 0.25) is 10.0 Å². The second-order valence-electron chi connectivity index (χ2n) is 4.76. The molecule has 0 radical (unpaired) electrons. The molecule has 0 fully saturated rings. The highest BCUT2D eigenvalue weighted by Crippen LogP contribution is 2.27. The summed E-state index contributed by atoms with van der Waals surface area (Å²) in [6.07, 6.45) is 6.47. The van der Waals surface area contributed by atoms with E-state index in [1.54, 1.807) is 18.2 Å². The average molecular weight is 299 g/mol. The van der Waals surface area contributed by atoms with Crippen LogP contribution in [0.5, 0.6) is 5.75 Å². The molecule has 0 saturated heterocycles. The molecule has 0 unspecified atom stereocenters. The number of hydrogen-bond donors (Lipinski definition) is 0. The molecule has 1 aromatic rings. The highest BCUT2D eigenvalue weighted by atomic mass is 35.5. The van der Waals surface area contributed by atoms with Gasteiger partial charge in [-0.05, 0) is 57.9 Å². The molecule has 19 heavy (non-hydrogen) atoms. The van der Waals surface area contributed by atoms with Gasteiger partial charge >= 0.3 is 0 Å². The Morgan fingerprint density at radius 3 is 2.53 bits per heavy atom. The van der Waals surface area contributed by atoms with Crippen molar-refractivity contribution in [1.29, 1.82) is 0 Å². The van der Waals surface area contributed by atoms with Gasteiger partial charge in [-0.15, -0.1) is 0 Å². The van der Waals surface area contributed by atoms with Crippen LogP contribution in [-0.2, 0) is 0 Å². The lowest BCUT2D eigenvalue weighted by Crippen LogP contribution is -1.95. The van der Waals surface area contributed by atoms with Gasteiger partial charge in [0.05, 0.1) is 5.02 Å². The van der Waals surface area contributed by atoms with E-state index >= 15 is 0 Å². The van der Waals surface area contributed by atoms with E-state index in [0.29, 0.717) is 22.4 Å². The summed E-state index contributed by atoms with van der Waals surface area (Å²) in [5.74, 6) is 0.666. The number of halogens is 2. The number of allylic oxidation sites excluding steroid dienone is 3. The van der Waals surface area contributed by atoms with Crippen LogP contribution in [0.15, 0.2) is 41.5 Å². The van der Waals surface area contributed by atoms with Crippen LogP contribution in [0.3, 0.4) is 0 Å². The quantitative estimate of drug-likeness (QED) is 0.580. The van der Waals surface area contributed by atoms with Crippen molar-refractivity contribution in [3.63, 3.8) is 0 Å². The van der Waals surface area contributed by atoms with Crippen molar-refractivity contribution in [1.82, 2.24) is 0 Å². The third-order valence-electron chi connectivity index (χ3n) is 2.66. The molecule has 1 rings (SSSR count). The van der Waals surface area contributed by atoms with Gasteiger partial charge in [-0.1, -0.05) is 40.4 Å². The lowest BCUT2D eigenvalue weighted by Gasteiger charge is -2.06. The number of hydrogen-bond acceptors (Lipinski definition) is 1. The Kier molecular flexibility index (Phi) is 7.04. The number of rotatable bonds is 6. The molecule has 0 bridgehead atoms. The highest BCUT2D eigenvalue weighted by molar-refractivity contribution is 6.35. The van der Waals surface area contributed by atoms with E-state index in [1.165, 1.54) is 11.1 Å². The summed E-state index contributed by atoms with van der Waals surface area (Å²) in [6, 6.07) is 5.25. The minimum absolute atomic E-state index is 0.530. The molecule has 0 amide bonds. The van der Waals surface area contributed by atoms with Crippen LogP contribution in [0.4, 0.5) is 0 Å². The molecule has 0 N–H and O–H groups in total. The fraction of sp³-hybridized carbons (Fsp3) is 0.375. The molecule has 0 saturated carbocycles. The summed E-state index contributed by atoms with van der Waals surface area (Å²) in [7, 11) is 0. The van der Waals surface area contributed by atoms with Gasteiger partial charge in [-0.2, -0.15) is 0 Å². The van der Waals surface area contributed by atoms with Crippen molar-refractivity contribution < 1.29 is 4.74 Å². The summed E-state index contributed by atoms with van der Waals surface area (Å²) >= 11 is 11.9. The largest absolute Gasteiger partial charge is 0.488 e. The minimum atomic E-state index is 0.530. The molecule has 0 aliphatic rings. The van der Waals surface area contributed by atoms with E-state index in [1.807, 2.05) is 0 Å². The lowest BCUT2D eigenvalue weighted by molar-refractivity contribution is 0.362. The zero-order valence-electron chi connectivity index (χ0n) is 11.7. The number of benzene rings is 1. The van der Waals surface area contributed by atoms with Crippen molar-refractivity contribution in [2.24, 2.45) is 0 Å². The predicted octanol–water partition coefficient (Wildman–Crippen LogP) is 6.06. The van der Waals surface area contributed by atoms with Crippen LogP contribution in [0, 0.1) is 0 Å². The van der Waals surface area contributed by atoms with E-state index in [9.17, 15) is 0 Å². The molecule has 0 atom stereocenters.